The molecule has 7 rings (SSSR count). The van der Waals surface area contributed by atoms with Crippen LogP contribution in [0.1, 0.15) is 0 Å². The van der Waals surface area contributed by atoms with Crippen LogP contribution in [0.4, 0.5) is 22.7 Å². The number of imidazole rings is 1. The summed E-state index contributed by atoms with van der Waals surface area (Å²) < 4.78 is 68.6. The number of benzene rings is 6. The molecule has 0 bridgehead atoms. The molecule has 0 atom stereocenters. The molecule has 0 aliphatic carbocycles. The summed E-state index contributed by atoms with van der Waals surface area (Å²) in [5.41, 5.74) is 0.933. The average molecular weight is 739 g/mol. The minimum atomic E-state index is -4.91. The van der Waals surface area contributed by atoms with E-state index >= 15 is 0 Å². The molecule has 0 aliphatic rings. The Labute approximate surface area is 334 Å². The standard InChI is InChI=1S/C33H22N6O8S2.2Na/c40-31-22-12-5-4-11-21(22)27(48(42,43)44)17-26(31)38-37-20-10-6-7-18(15-20)33-34-25-14-13-23-24(29(25)35-33)16-28(49(45,46)47)30(32(23)41)39-36-19-8-2-1-3-9-19;;/h1-17,40-41H,(H,34,35)(H,42,43,44)(H,45,46,47);;/q;2*+1/p-2. The Morgan fingerprint density at radius 1 is 0.588 bits per heavy atom. The third kappa shape index (κ3) is 7.61. The monoisotopic (exact) mass is 738 g/mol. The van der Waals surface area contributed by atoms with Crippen LogP contribution < -0.4 is 69.3 Å². The molecule has 51 heavy (non-hydrogen) atoms. The number of nitrogens with one attached hydrogen (secondary N) is 1. The molecule has 7 aromatic rings. The van der Waals surface area contributed by atoms with Gasteiger partial charge in [-0.05, 0) is 53.2 Å². The molecule has 3 N–H and O–H groups in total. The smallest absolute Gasteiger partial charge is 0.871 e. The van der Waals surface area contributed by atoms with Gasteiger partial charge in [0.1, 0.15) is 15.6 Å². The average Bonchev–Trinajstić information content (AvgIpc) is 3.52. The number of aromatic nitrogens is 2. The molecule has 0 aliphatic heterocycles. The van der Waals surface area contributed by atoms with Crippen molar-refractivity contribution in [2.24, 2.45) is 20.5 Å². The van der Waals surface area contributed by atoms with Gasteiger partial charge in [-0.3, -0.25) is 9.11 Å². The Balaban J connectivity index is 0.00000252. The number of fused-ring (bicyclic) bond motifs is 4. The topological polar surface area (TPSA) is 233 Å². The molecule has 1 heterocycles. The van der Waals surface area contributed by atoms with E-state index in [4.69, 9.17) is 0 Å². The van der Waals surface area contributed by atoms with E-state index in [0.29, 0.717) is 22.6 Å². The van der Waals surface area contributed by atoms with Crippen molar-refractivity contribution in [2.75, 3.05) is 0 Å². The van der Waals surface area contributed by atoms with Gasteiger partial charge in [-0.1, -0.05) is 72.2 Å². The Hall–Kier alpha value is -4.07. The zero-order valence-electron chi connectivity index (χ0n) is 26.7. The van der Waals surface area contributed by atoms with Gasteiger partial charge in [0.25, 0.3) is 20.2 Å². The summed E-state index contributed by atoms with van der Waals surface area (Å²) in [7, 11) is -9.59. The van der Waals surface area contributed by atoms with E-state index in [1.165, 1.54) is 24.3 Å². The fourth-order valence-electron chi connectivity index (χ4n) is 5.33. The summed E-state index contributed by atoms with van der Waals surface area (Å²) in [6.07, 6.45) is 0. The molecule has 0 amide bonds. The fourth-order valence-corrected chi connectivity index (χ4v) is 6.69. The first-order valence-corrected chi connectivity index (χ1v) is 17.1. The molecule has 1 aromatic heterocycles. The second-order valence-corrected chi connectivity index (χ2v) is 13.5. The first-order chi connectivity index (χ1) is 23.4. The minimum absolute atomic E-state index is 0. The third-order valence-electron chi connectivity index (χ3n) is 7.57. The predicted molar refractivity (Wildman–Crippen MR) is 176 cm³/mol. The van der Waals surface area contributed by atoms with E-state index in [1.54, 1.807) is 66.7 Å². The van der Waals surface area contributed by atoms with Gasteiger partial charge < -0.3 is 15.2 Å². The first kappa shape index (κ1) is 38.2. The molecule has 18 heteroatoms. The molecule has 0 saturated heterocycles. The van der Waals surface area contributed by atoms with Crippen LogP contribution in [0.15, 0.2) is 133 Å². The van der Waals surface area contributed by atoms with Crippen LogP contribution in [-0.2, 0) is 20.2 Å². The zero-order valence-corrected chi connectivity index (χ0v) is 32.3. The van der Waals surface area contributed by atoms with Crippen LogP contribution in [0.5, 0.6) is 11.5 Å². The van der Waals surface area contributed by atoms with Crippen LogP contribution in [0.25, 0.3) is 44.0 Å². The van der Waals surface area contributed by atoms with Crippen LogP contribution in [0.2, 0.25) is 0 Å². The molecular weight excluding hydrogens is 719 g/mol. The quantitative estimate of drug-likeness (QED) is 0.120. The molecule has 0 spiro atoms. The Morgan fingerprint density at radius 2 is 1.22 bits per heavy atom. The SMILES string of the molecule is O=S(=O)(O)c1cc2c(ccc3[nH]c(-c4cccc(N=Nc5cc(S(=O)(=O)O)c6ccccc6c5[O-])c4)nc32)c([O-])c1N=Nc1ccccc1.[Na+].[Na+]. The van der Waals surface area contributed by atoms with Gasteiger partial charge in [-0.25, -0.2) is 4.98 Å². The van der Waals surface area contributed by atoms with Crippen LogP contribution >= 0.6 is 0 Å². The second-order valence-electron chi connectivity index (χ2n) is 10.7. The maximum Gasteiger partial charge on any atom is 1.00 e. The van der Waals surface area contributed by atoms with Crippen molar-refractivity contribution in [1.82, 2.24) is 9.97 Å². The van der Waals surface area contributed by atoms with Crippen LogP contribution in [-0.4, -0.2) is 35.9 Å². The summed E-state index contributed by atoms with van der Waals surface area (Å²) in [6.45, 7) is 0. The third-order valence-corrected chi connectivity index (χ3v) is 9.33. The van der Waals surface area contributed by atoms with E-state index in [-0.39, 0.29) is 97.6 Å². The molecule has 0 saturated carbocycles. The Kier molecular flexibility index (Phi) is 11.1. The van der Waals surface area contributed by atoms with Crippen molar-refractivity contribution >= 4 is 75.6 Å². The molecule has 0 fully saturated rings. The van der Waals surface area contributed by atoms with Crippen molar-refractivity contribution in [3.63, 3.8) is 0 Å². The molecule has 0 unspecified atom stereocenters. The first-order valence-electron chi connectivity index (χ1n) is 14.2. The number of aromatic amines is 1. The van der Waals surface area contributed by atoms with E-state index in [2.05, 4.69) is 30.4 Å². The number of rotatable bonds is 7. The van der Waals surface area contributed by atoms with Gasteiger partial charge in [-0.2, -0.15) is 32.2 Å². The molecule has 0 radical (unpaired) electrons. The number of hydrogen-bond acceptors (Lipinski definition) is 11. The number of nitrogens with zero attached hydrogens (tertiary/aromatic N) is 5. The molecular formula is C33H20N6Na2O8S2. The summed E-state index contributed by atoms with van der Waals surface area (Å²) >= 11 is 0. The van der Waals surface area contributed by atoms with Crippen LogP contribution in [0, 0.1) is 0 Å². The van der Waals surface area contributed by atoms with E-state index in [9.17, 15) is 36.2 Å². The maximum absolute atomic E-state index is 13.5. The number of H-pyrrole nitrogens is 1. The molecule has 244 valence electrons. The van der Waals surface area contributed by atoms with Gasteiger partial charge in [0, 0.05) is 16.3 Å². The zero-order chi connectivity index (χ0) is 34.5. The van der Waals surface area contributed by atoms with E-state index < -0.39 is 47.2 Å². The molecule has 14 nitrogen and oxygen atoms in total. The van der Waals surface area contributed by atoms with Gasteiger partial charge in [0.15, 0.2) is 0 Å². The van der Waals surface area contributed by atoms with E-state index in [0.717, 1.165) is 12.1 Å². The fraction of sp³-hybridized carbons (Fsp3) is 0. The number of hydrogen-bond donors (Lipinski definition) is 3. The van der Waals surface area contributed by atoms with Crippen molar-refractivity contribution in [1.29, 1.82) is 0 Å². The van der Waals surface area contributed by atoms with Crippen LogP contribution in [0.3, 0.4) is 0 Å². The van der Waals surface area contributed by atoms with Crippen molar-refractivity contribution in [2.45, 2.75) is 9.79 Å². The van der Waals surface area contributed by atoms with Crippen molar-refractivity contribution in [3.8, 4) is 22.9 Å². The predicted octanol–water partition coefficient (Wildman–Crippen LogP) is 1.02. The summed E-state index contributed by atoms with van der Waals surface area (Å²) in [5, 5.41) is 42.8. The Bertz CT molecular complexity index is 2760. The van der Waals surface area contributed by atoms with E-state index in [1.807, 2.05) is 0 Å². The maximum atomic E-state index is 13.5. The number of azo groups is 2. The van der Waals surface area contributed by atoms with Gasteiger partial charge >= 0.3 is 59.1 Å². The summed E-state index contributed by atoms with van der Waals surface area (Å²) in [5.74, 6) is -1.06. The van der Waals surface area contributed by atoms with Gasteiger partial charge in [0.2, 0.25) is 0 Å². The molecule has 6 aromatic carbocycles. The van der Waals surface area contributed by atoms with Gasteiger partial charge in [0.05, 0.1) is 33.8 Å². The second kappa shape index (κ2) is 14.9. The van der Waals surface area contributed by atoms with Crippen molar-refractivity contribution in [3.05, 3.63) is 103 Å². The normalized spacial score (nSPS) is 12.1. The largest absolute Gasteiger partial charge is 1.00 e. The minimum Gasteiger partial charge on any atom is -0.871 e. The Morgan fingerprint density at radius 3 is 1.92 bits per heavy atom. The van der Waals surface area contributed by atoms with Crippen molar-refractivity contribution < 1.29 is 95.3 Å². The summed E-state index contributed by atoms with van der Waals surface area (Å²) in [4.78, 5) is 6.51. The summed E-state index contributed by atoms with van der Waals surface area (Å²) in [6, 6.07) is 25.9. The van der Waals surface area contributed by atoms with Gasteiger partial charge in [-0.15, -0.1) is 5.11 Å².